The summed E-state index contributed by atoms with van der Waals surface area (Å²) in [5.74, 6) is 1.96. The van der Waals surface area contributed by atoms with Gasteiger partial charge in [-0.25, -0.2) is 0 Å². The number of hydrogen-bond acceptors (Lipinski definition) is 4. The molecule has 1 atom stereocenters. The predicted octanol–water partition coefficient (Wildman–Crippen LogP) is 4.16. The van der Waals surface area contributed by atoms with Crippen molar-refractivity contribution in [1.29, 1.82) is 0 Å². The van der Waals surface area contributed by atoms with Gasteiger partial charge in [0.25, 0.3) is 0 Å². The molecule has 110 valence electrons. The van der Waals surface area contributed by atoms with Crippen LogP contribution >= 0.6 is 11.3 Å². The minimum Gasteiger partial charge on any atom is -0.437 e. The minimum absolute atomic E-state index is 0.401. The Bertz CT molecular complexity index is 730. The number of nitrogens with two attached hydrogens (primary N) is 1. The maximum absolute atomic E-state index is 5.91. The summed E-state index contributed by atoms with van der Waals surface area (Å²) in [5, 5.41) is 1.99. The molecule has 1 unspecified atom stereocenters. The first kappa shape index (κ1) is 14.1. The van der Waals surface area contributed by atoms with E-state index < -0.39 is 0 Å². The molecule has 0 saturated carbocycles. The Morgan fingerprint density at radius 3 is 2.76 bits per heavy atom. The molecule has 2 N–H and O–H groups in total. The van der Waals surface area contributed by atoms with Crippen molar-refractivity contribution >= 4 is 16.3 Å². The molecule has 0 aliphatic rings. The van der Waals surface area contributed by atoms with E-state index in [1.165, 1.54) is 5.56 Å². The summed E-state index contributed by atoms with van der Waals surface area (Å²) in [7, 11) is 0. The molecule has 4 nitrogen and oxygen atoms in total. The Kier molecular flexibility index (Phi) is 3.94. The first-order valence-corrected chi connectivity index (χ1v) is 8.03. The van der Waals surface area contributed by atoms with Crippen LogP contribution in [-0.2, 0) is 6.54 Å². The molecule has 3 rings (SSSR count). The van der Waals surface area contributed by atoms with Gasteiger partial charge < -0.3 is 10.5 Å². The number of rotatable bonds is 5. The lowest BCUT2D eigenvalue weighted by Gasteiger charge is -2.10. The molecular formula is C16H19N3OS. The van der Waals surface area contributed by atoms with Gasteiger partial charge >= 0.3 is 0 Å². The zero-order valence-electron chi connectivity index (χ0n) is 12.2. The van der Waals surface area contributed by atoms with Gasteiger partial charge in [-0.2, -0.15) is 4.98 Å². The van der Waals surface area contributed by atoms with Gasteiger partial charge in [0.15, 0.2) is 4.96 Å². The third kappa shape index (κ3) is 2.66. The maximum Gasteiger partial charge on any atom is 0.243 e. The first-order chi connectivity index (χ1) is 10.2. The highest BCUT2D eigenvalue weighted by atomic mass is 32.1. The molecule has 2 aromatic heterocycles. The highest BCUT2D eigenvalue weighted by molar-refractivity contribution is 7.15. The molecule has 0 fully saturated rings. The second kappa shape index (κ2) is 5.87. The Morgan fingerprint density at radius 2 is 2.10 bits per heavy atom. The SMILES string of the molecule is CCC(C)c1ccc(Oc2nc3sccn3c2CN)cc1. The van der Waals surface area contributed by atoms with Crippen LogP contribution in [0.3, 0.4) is 0 Å². The second-order valence-electron chi connectivity index (χ2n) is 5.10. The number of imidazole rings is 1. The Morgan fingerprint density at radius 1 is 1.33 bits per heavy atom. The molecule has 1 aromatic carbocycles. The molecule has 0 spiro atoms. The van der Waals surface area contributed by atoms with Crippen LogP contribution in [0.2, 0.25) is 0 Å². The number of aromatic nitrogens is 2. The van der Waals surface area contributed by atoms with Gasteiger partial charge in [-0.05, 0) is 30.0 Å². The fourth-order valence-corrected chi connectivity index (χ4v) is 3.02. The van der Waals surface area contributed by atoms with Crippen LogP contribution in [0.1, 0.15) is 37.4 Å². The third-order valence-corrected chi connectivity index (χ3v) is 4.55. The van der Waals surface area contributed by atoms with Gasteiger partial charge in [0.05, 0.1) is 0 Å². The number of hydrogen-bond donors (Lipinski definition) is 1. The van der Waals surface area contributed by atoms with E-state index in [0.29, 0.717) is 18.3 Å². The van der Waals surface area contributed by atoms with E-state index in [1.807, 2.05) is 28.1 Å². The number of fused-ring (bicyclic) bond motifs is 1. The van der Waals surface area contributed by atoms with Crippen molar-refractivity contribution in [2.45, 2.75) is 32.7 Å². The summed E-state index contributed by atoms with van der Waals surface area (Å²) in [6.07, 6.45) is 3.10. The molecule has 0 radical (unpaired) electrons. The quantitative estimate of drug-likeness (QED) is 0.770. The maximum atomic E-state index is 5.91. The Balaban J connectivity index is 1.86. The van der Waals surface area contributed by atoms with Crippen LogP contribution in [0, 0.1) is 0 Å². The van der Waals surface area contributed by atoms with Crippen molar-refractivity contribution in [3.63, 3.8) is 0 Å². The zero-order valence-corrected chi connectivity index (χ0v) is 13.1. The van der Waals surface area contributed by atoms with Crippen LogP contribution in [0.4, 0.5) is 0 Å². The second-order valence-corrected chi connectivity index (χ2v) is 5.98. The Hall–Kier alpha value is -1.85. The van der Waals surface area contributed by atoms with Crippen molar-refractivity contribution in [3.8, 4) is 11.6 Å². The van der Waals surface area contributed by atoms with Crippen LogP contribution in [0.25, 0.3) is 4.96 Å². The average Bonchev–Trinajstić information content (AvgIpc) is 3.07. The molecule has 0 amide bonds. The van der Waals surface area contributed by atoms with Crippen LogP contribution in [0.5, 0.6) is 11.6 Å². The number of thiazole rings is 1. The van der Waals surface area contributed by atoms with E-state index >= 15 is 0 Å². The monoisotopic (exact) mass is 301 g/mol. The van der Waals surface area contributed by atoms with E-state index in [-0.39, 0.29) is 0 Å². The van der Waals surface area contributed by atoms with Gasteiger partial charge in [-0.1, -0.05) is 26.0 Å². The lowest BCUT2D eigenvalue weighted by molar-refractivity contribution is 0.459. The lowest BCUT2D eigenvalue weighted by Crippen LogP contribution is -2.01. The summed E-state index contributed by atoms with van der Waals surface area (Å²) < 4.78 is 7.89. The number of ether oxygens (including phenoxy) is 1. The molecule has 0 aliphatic heterocycles. The summed E-state index contributed by atoms with van der Waals surface area (Å²) in [6, 6.07) is 8.22. The van der Waals surface area contributed by atoms with Gasteiger partial charge in [-0.15, -0.1) is 11.3 Å². The molecule has 21 heavy (non-hydrogen) atoms. The lowest BCUT2D eigenvalue weighted by atomic mass is 9.99. The van der Waals surface area contributed by atoms with Gasteiger partial charge in [0.1, 0.15) is 11.4 Å². The highest BCUT2D eigenvalue weighted by Gasteiger charge is 2.14. The molecule has 2 heterocycles. The fourth-order valence-electron chi connectivity index (χ4n) is 2.29. The van der Waals surface area contributed by atoms with Crippen molar-refractivity contribution in [3.05, 3.63) is 47.1 Å². The van der Waals surface area contributed by atoms with Crippen LogP contribution < -0.4 is 10.5 Å². The standard InChI is InChI=1S/C16H19N3OS/c1-3-11(2)12-4-6-13(7-5-12)20-15-14(10-17)19-8-9-21-16(19)18-15/h4-9,11H,3,10,17H2,1-2H3. The van der Waals surface area contributed by atoms with Crippen LogP contribution in [0.15, 0.2) is 35.8 Å². The molecule has 0 bridgehead atoms. The number of benzene rings is 1. The Labute approximate surface area is 128 Å². The van der Waals surface area contributed by atoms with Crippen molar-refractivity contribution in [2.24, 2.45) is 5.73 Å². The fraction of sp³-hybridized carbons (Fsp3) is 0.312. The molecule has 3 aromatic rings. The van der Waals surface area contributed by atoms with Gasteiger partial charge in [-0.3, -0.25) is 4.40 Å². The largest absolute Gasteiger partial charge is 0.437 e. The van der Waals surface area contributed by atoms with Gasteiger partial charge in [0.2, 0.25) is 5.88 Å². The molecular weight excluding hydrogens is 282 g/mol. The molecule has 0 aliphatic carbocycles. The van der Waals surface area contributed by atoms with E-state index in [1.54, 1.807) is 11.3 Å². The average molecular weight is 301 g/mol. The van der Waals surface area contributed by atoms with Crippen LogP contribution in [-0.4, -0.2) is 9.38 Å². The normalized spacial score (nSPS) is 12.7. The highest BCUT2D eigenvalue weighted by Crippen LogP contribution is 2.29. The predicted molar refractivity (Wildman–Crippen MR) is 86.2 cm³/mol. The minimum atomic E-state index is 0.401. The topological polar surface area (TPSA) is 52.5 Å². The summed E-state index contributed by atoms with van der Waals surface area (Å²) in [6.45, 7) is 4.82. The summed E-state index contributed by atoms with van der Waals surface area (Å²) in [5.41, 5.74) is 8.05. The third-order valence-electron chi connectivity index (χ3n) is 3.79. The molecule has 5 heteroatoms. The van der Waals surface area contributed by atoms with E-state index in [9.17, 15) is 0 Å². The smallest absolute Gasteiger partial charge is 0.243 e. The summed E-state index contributed by atoms with van der Waals surface area (Å²) in [4.78, 5) is 5.40. The van der Waals surface area contributed by atoms with E-state index in [4.69, 9.17) is 10.5 Å². The van der Waals surface area contributed by atoms with E-state index in [0.717, 1.165) is 22.8 Å². The number of nitrogens with zero attached hydrogens (tertiary/aromatic N) is 2. The molecule has 0 saturated heterocycles. The first-order valence-electron chi connectivity index (χ1n) is 7.15. The summed E-state index contributed by atoms with van der Waals surface area (Å²) >= 11 is 1.57. The van der Waals surface area contributed by atoms with Crippen molar-refractivity contribution in [2.75, 3.05) is 0 Å². The van der Waals surface area contributed by atoms with Crippen molar-refractivity contribution < 1.29 is 4.74 Å². The van der Waals surface area contributed by atoms with Gasteiger partial charge in [0, 0.05) is 18.1 Å². The zero-order chi connectivity index (χ0) is 14.8. The van der Waals surface area contributed by atoms with E-state index in [2.05, 4.69) is 31.0 Å². The van der Waals surface area contributed by atoms with Crippen molar-refractivity contribution in [1.82, 2.24) is 9.38 Å².